The maximum Gasteiger partial charge on any atom is 0.242 e. The first-order chi connectivity index (χ1) is 10.1. The van der Waals surface area contributed by atoms with Gasteiger partial charge >= 0.3 is 0 Å². The minimum atomic E-state index is -3.44. The maximum absolute atomic E-state index is 12.0. The Hall–Kier alpha value is -1.85. The van der Waals surface area contributed by atoms with Gasteiger partial charge in [0.25, 0.3) is 0 Å². The second-order valence-electron chi connectivity index (χ2n) is 5.18. The first-order valence-electron chi connectivity index (χ1n) is 6.96. The molecule has 4 nitrogen and oxygen atoms in total. The second-order valence-corrected chi connectivity index (χ2v) is 7.04. The molecule has 0 aromatic heterocycles. The summed E-state index contributed by atoms with van der Waals surface area (Å²) in [6.07, 6.45) is 1.05. The predicted octanol–water partition coefficient (Wildman–Crippen LogP) is 2.35. The van der Waals surface area contributed by atoms with Crippen LogP contribution in [-0.2, 0) is 16.4 Å². The highest BCUT2D eigenvalue weighted by molar-refractivity contribution is 7.89. The first-order valence-corrected chi connectivity index (χ1v) is 8.44. The molecule has 0 fully saturated rings. The lowest BCUT2D eigenvalue weighted by Gasteiger charge is -2.30. The highest BCUT2D eigenvalue weighted by Gasteiger charge is 2.25. The number of sulfonamides is 1. The van der Waals surface area contributed by atoms with E-state index in [0.29, 0.717) is 16.5 Å². The lowest BCUT2D eigenvalue weighted by atomic mass is 9.77. The molecule has 1 aliphatic carbocycles. The molecule has 0 aliphatic heterocycles. The number of benzene rings is 2. The Morgan fingerprint density at radius 2 is 1.81 bits per heavy atom. The Labute approximate surface area is 125 Å². The topological polar surface area (TPSA) is 58.2 Å². The van der Waals surface area contributed by atoms with E-state index < -0.39 is 10.0 Å². The summed E-state index contributed by atoms with van der Waals surface area (Å²) in [4.78, 5) is 0.292. The van der Waals surface area contributed by atoms with Gasteiger partial charge in [0.15, 0.2) is 0 Å². The molecule has 1 aliphatic rings. The molecule has 21 heavy (non-hydrogen) atoms. The fourth-order valence-electron chi connectivity index (χ4n) is 2.73. The van der Waals surface area contributed by atoms with Gasteiger partial charge < -0.3 is 5.32 Å². The number of para-hydroxylation sites is 1. The summed E-state index contributed by atoms with van der Waals surface area (Å²) in [5.41, 5.74) is 3.40. The second kappa shape index (κ2) is 5.50. The summed E-state index contributed by atoms with van der Waals surface area (Å²) in [6.45, 7) is 0.743. The largest absolute Gasteiger partial charge is 0.383 e. The van der Waals surface area contributed by atoms with E-state index in [0.717, 1.165) is 13.0 Å². The summed E-state index contributed by atoms with van der Waals surface area (Å²) in [7, 11) is -2.01. The van der Waals surface area contributed by atoms with Crippen molar-refractivity contribution in [2.45, 2.75) is 17.2 Å². The fraction of sp³-hybridized carbons (Fsp3) is 0.250. The van der Waals surface area contributed by atoms with Gasteiger partial charge in [0.1, 0.15) is 4.90 Å². The third-order valence-corrected chi connectivity index (χ3v) is 5.42. The van der Waals surface area contributed by atoms with Crippen LogP contribution in [0.5, 0.6) is 0 Å². The summed E-state index contributed by atoms with van der Waals surface area (Å²) in [5.74, 6) is 0.451. The quantitative estimate of drug-likeness (QED) is 0.891. The highest BCUT2D eigenvalue weighted by atomic mass is 32.2. The predicted molar refractivity (Wildman–Crippen MR) is 84.1 cm³/mol. The standard InChI is InChI=1S/C16H18N2O2S/c1-17-21(19,20)16-9-5-4-8-15(16)18-11-13-10-12-6-2-3-7-14(12)13/h2-9,13,17-18H,10-11H2,1H3. The van der Waals surface area contributed by atoms with Crippen LogP contribution >= 0.6 is 0 Å². The molecule has 0 spiro atoms. The minimum Gasteiger partial charge on any atom is -0.383 e. The Morgan fingerprint density at radius 3 is 2.57 bits per heavy atom. The lowest BCUT2D eigenvalue weighted by molar-refractivity contribution is 0.588. The number of anilines is 1. The molecular weight excluding hydrogens is 284 g/mol. The zero-order valence-corrected chi connectivity index (χ0v) is 12.7. The molecule has 2 aromatic carbocycles. The molecule has 0 heterocycles. The molecule has 5 heteroatoms. The van der Waals surface area contributed by atoms with Crippen molar-refractivity contribution in [3.05, 3.63) is 59.7 Å². The van der Waals surface area contributed by atoms with Gasteiger partial charge in [-0.2, -0.15) is 0 Å². The van der Waals surface area contributed by atoms with Crippen LogP contribution in [0.25, 0.3) is 0 Å². The van der Waals surface area contributed by atoms with E-state index in [1.54, 1.807) is 18.2 Å². The third-order valence-electron chi connectivity index (χ3n) is 3.95. The van der Waals surface area contributed by atoms with Gasteiger partial charge in [0.2, 0.25) is 10.0 Å². The van der Waals surface area contributed by atoms with E-state index in [1.807, 2.05) is 12.1 Å². The number of rotatable bonds is 5. The highest BCUT2D eigenvalue weighted by Crippen LogP contribution is 2.35. The van der Waals surface area contributed by atoms with E-state index in [2.05, 4.69) is 28.2 Å². The minimum absolute atomic E-state index is 0.292. The van der Waals surface area contributed by atoms with Crippen LogP contribution in [0.4, 0.5) is 5.69 Å². The monoisotopic (exact) mass is 302 g/mol. The van der Waals surface area contributed by atoms with E-state index in [1.165, 1.54) is 18.2 Å². The fourth-order valence-corrected chi connectivity index (χ4v) is 3.64. The van der Waals surface area contributed by atoms with E-state index in [-0.39, 0.29) is 0 Å². The Balaban J connectivity index is 1.76. The number of fused-ring (bicyclic) bond motifs is 1. The molecule has 1 atom stereocenters. The van der Waals surface area contributed by atoms with Crippen molar-refractivity contribution in [1.82, 2.24) is 4.72 Å². The molecule has 0 bridgehead atoms. The summed E-state index contributed by atoms with van der Waals surface area (Å²) >= 11 is 0. The lowest BCUT2D eigenvalue weighted by Crippen LogP contribution is -2.25. The Bertz CT molecular complexity index is 756. The molecule has 110 valence electrons. The van der Waals surface area contributed by atoms with Crippen LogP contribution in [0.15, 0.2) is 53.4 Å². The summed E-state index contributed by atoms with van der Waals surface area (Å²) < 4.78 is 26.4. The van der Waals surface area contributed by atoms with Gasteiger partial charge in [-0.25, -0.2) is 13.1 Å². The smallest absolute Gasteiger partial charge is 0.242 e. The van der Waals surface area contributed by atoms with Gasteiger partial charge in [-0.1, -0.05) is 36.4 Å². The Kier molecular flexibility index (Phi) is 3.69. The maximum atomic E-state index is 12.0. The Morgan fingerprint density at radius 1 is 1.10 bits per heavy atom. The average Bonchev–Trinajstić information content (AvgIpc) is 2.48. The van der Waals surface area contributed by atoms with Crippen molar-refractivity contribution >= 4 is 15.7 Å². The van der Waals surface area contributed by atoms with Crippen LogP contribution < -0.4 is 10.0 Å². The normalized spacial score (nSPS) is 16.9. The number of hydrogen-bond donors (Lipinski definition) is 2. The van der Waals surface area contributed by atoms with Gasteiger partial charge in [0.05, 0.1) is 5.69 Å². The van der Waals surface area contributed by atoms with Crippen LogP contribution in [0.3, 0.4) is 0 Å². The molecule has 0 radical (unpaired) electrons. The van der Waals surface area contributed by atoms with Gasteiger partial charge in [0, 0.05) is 12.5 Å². The van der Waals surface area contributed by atoms with Crippen LogP contribution in [0.1, 0.15) is 17.0 Å². The zero-order valence-electron chi connectivity index (χ0n) is 11.8. The molecule has 0 saturated heterocycles. The van der Waals surface area contributed by atoms with Crippen LogP contribution in [0, 0.1) is 0 Å². The van der Waals surface area contributed by atoms with Gasteiger partial charge in [-0.05, 0) is 36.7 Å². The summed E-state index contributed by atoms with van der Waals surface area (Å²) in [6, 6.07) is 15.4. The average molecular weight is 302 g/mol. The van der Waals surface area contributed by atoms with Crippen molar-refractivity contribution in [1.29, 1.82) is 0 Å². The first kappa shape index (κ1) is 14.1. The molecule has 0 amide bonds. The van der Waals surface area contributed by atoms with E-state index in [4.69, 9.17) is 0 Å². The van der Waals surface area contributed by atoms with Crippen molar-refractivity contribution in [2.24, 2.45) is 0 Å². The van der Waals surface area contributed by atoms with Gasteiger partial charge in [-0.15, -0.1) is 0 Å². The van der Waals surface area contributed by atoms with E-state index in [9.17, 15) is 8.42 Å². The van der Waals surface area contributed by atoms with Crippen LogP contribution in [-0.4, -0.2) is 22.0 Å². The summed E-state index contributed by atoms with van der Waals surface area (Å²) in [5, 5.41) is 3.28. The molecule has 0 saturated carbocycles. The molecule has 3 rings (SSSR count). The van der Waals surface area contributed by atoms with Crippen molar-refractivity contribution in [3.63, 3.8) is 0 Å². The van der Waals surface area contributed by atoms with E-state index >= 15 is 0 Å². The SMILES string of the molecule is CNS(=O)(=O)c1ccccc1NCC1Cc2ccccc21. The van der Waals surface area contributed by atoms with Crippen LogP contribution in [0.2, 0.25) is 0 Å². The van der Waals surface area contributed by atoms with Crippen molar-refractivity contribution in [2.75, 3.05) is 18.9 Å². The third kappa shape index (κ3) is 2.66. The molecule has 1 unspecified atom stereocenters. The van der Waals surface area contributed by atoms with Gasteiger partial charge in [-0.3, -0.25) is 0 Å². The number of hydrogen-bond acceptors (Lipinski definition) is 3. The molecule has 2 N–H and O–H groups in total. The van der Waals surface area contributed by atoms with Crippen molar-refractivity contribution in [3.8, 4) is 0 Å². The zero-order chi connectivity index (χ0) is 14.9. The number of nitrogens with one attached hydrogen (secondary N) is 2. The molecule has 2 aromatic rings. The van der Waals surface area contributed by atoms with Crippen molar-refractivity contribution < 1.29 is 8.42 Å². The molecular formula is C16H18N2O2S.